The SMILES string of the molecule is CC1(C)O[C@H]2O[C@H](C3=NOC(Cc4ccccc4O)C3)[C@H](OCc3ccccc3)[C@H]2O1. The molecule has 3 aliphatic heterocycles. The van der Waals surface area contributed by atoms with Crippen LogP contribution >= 0.6 is 0 Å². The van der Waals surface area contributed by atoms with Crippen molar-refractivity contribution in [3.63, 3.8) is 0 Å². The van der Waals surface area contributed by atoms with Crippen LogP contribution in [-0.2, 0) is 36.8 Å². The molecule has 0 spiro atoms. The Bertz CT molecular complexity index is 946. The van der Waals surface area contributed by atoms with E-state index in [1.807, 2.05) is 56.3 Å². The molecule has 1 N–H and O–H groups in total. The molecule has 0 radical (unpaired) electrons. The minimum Gasteiger partial charge on any atom is -0.508 e. The molecule has 0 bridgehead atoms. The molecular weight excluding hydrogens is 398 g/mol. The maximum atomic E-state index is 10.1. The van der Waals surface area contributed by atoms with Crippen LogP contribution in [0.1, 0.15) is 31.4 Å². The molecule has 0 amide bonds. The summed E-state index contributed by atoms with van der Waals surface area (Å²) < 4.78 is 24.5. The van der Waals surface area contributed by atoms with Crippen LogP contribution in [0.2, 0.25) is 0 Å². The maximum absolute atomic E-state index is 10.1. The molecule has 2 aromatic rings. The van der Waals surface area contributed by atoms with Crippen LogP contribution in [0.3, 0.4) is 0 Å². The fourth-order valence-corrected chi connectivity index (χ4v) is 4.35. The van der Waals surface area contributed by atoms with Crippen molar-refractivity contribution in [2.75, 3.05) is 0 Å². The molecule has 7 heteroatoms. The number of para-hydroxylation sites is 1. The van der Waals surface area contributed by atoms with E-state index >= 15 is 0 Å². The highest BCUT2D eigenvalue weighted by molar-refractivity contribution is 5.90. The van der Waals surface area contributed by atoms with Gasteiger partial charge in [0.25, 0.3) is 0 Å². The van der Waals surface area contributed by atoms with E-state index in [1.165, 1.54) is 0 Å². The van der Waals surface area contributed by atoms with Gasteiger partial charge in [-0.05, 0) is 31.0 Å². The summed E-state index contributed by atoms with van der Waals surface area (Å²) in [5, 5.41) is 14.4. The van der Waals surface area contributed by atoms with Crippen LogP contribution in [0, 0.1) is 0 Å². The highest BCUT2D eigenvalue weighted by atomic mass is 16.8. The van der Waals surface area contributed by atoms with Gasteiger partial charge in [0.05, 0.1) is 12.3 Å². The lowest BCUT2D eigenvalue weighted by Gasteiger charge is -2.25. The van der Waals surface area contributed by atoms with Gasteiger partial charge in [0, 0.05) is 12.8 Å². The molecule has 0 aromatic heterocycles. The van der Waals surface area contributed by atoms with Gasteiger partial charge in [-0.25, -0.2) is 0 Å². The second-order valence-electron chi connectivity index (χ2n) is 8.63. The number of benzene rings is 2. The molecular formula is C24H27NO6. The van der Waals surface area contributed by atoms with Crippen molar-refractivity contribution in [1.29, 1.82) is 0 Å². The monoisotopic (exact) mass is 425 g/mol. The van der Waals surface area contributed by atoms with Crippen LogP contribution in [0.15, 0.2) is 59.8 Å². The van der Waals surface area contributed by atoms with Crippen molar-refractivity contribution in [2.45, 2.75) is 69.8 Å². The molecule has 0 saturated carbocycles. The van der Waals surface area contributed by atoms with E-state index in [4.69, 9.17) is 23.8 Å². The van der Waals surface area contributed by atoms with E-state index in [0.717, 1.165) is 16.8 Å². The third kappa shape index (κ3) is 4.32. The smallest absolute Gasteiger partial charge is 0.190 e. The van der Waals surface area contributed by atoms with Crippen molar-refractivity contribution < 1.29 is 28.9 Å². The van der Waals surface area contributed by atoms with Gasteiger partial charge in [0.2, 0.25) is 0 Å². The van der Waals surface area contributed by atoms with Gasteiger partial charge in [-0.3, -0.25) is 0 Å². The molecule has 2 aromatic carbocycles. The predicted molar refractivity (Wildman–Crippen MR) is 112 cm³/mol. The number of oxime groups is 1. The van der Waals surface area contributed by atoms with Gasteiger partial charge in [0.15, 0.2) is 12.1 Å². The van der Waals surface area contributed by atoms with Crippen LogP contribution < -0.4 is 0 Å². The zero-order valence-corrected chi connectivity index (χ0v) is 17.6. The summed E-state index contributed by atoms with van der Waals surface area (Å²) in [4.78, 5) is 5.67. The number of phenols is 1. The van der Waals surface area contributed by atoms with E-state index in [2.05, 4.69) is 5.16 Å². The first-order chi connectivity index (χ1) is 15.0. The van der Waals surface area contributed by atoms with Crippen LogP contribution in [0.5, 0.6) is 5.75 Å². The average molecular weight is 425 g/mol. The molecule has 3 heterocycles. The van der Waals surface area contributed by atoms with Crippen molar-refractivity contribution in [1.82, 2.24) is 0 Å². The predicted octanol–water partition coefficient (Wildman–Crippen LogP) is 3.54. The molecule has 5 rings (SSSR count). The summed E-state index contributed by atoms with van der Waals surface area (Å²) in [6, 6.07) is 17.3. The maximum Gasteiger partial charge on any atom is 0.190 e. The zero-order valence-electron chi connectivity index (χ0n) is 17.6. The Morgan fingerprint density at radius 2 is 1.84 bits per heavy atom. The van der Waals surface area contributed by atoms with Gasteiger partial charge < -0.3 is 28.9 Å². The summed E-state index contributed by atoms with van der Waals surface area (Å²) in [5.41, 5.74) is 2.68. The lowest BCUT2D eigenvalue weighted by Crippen LogP contribution is -2.40. The quantitative estimate of drug-likeness (QED) is 0.763. The first-order valence-electron chi connectivity index (χ1n) is 10.6. The minimum absolute atomic E-state index is 0.166. The Labute approximate surface area is 181 Å². The highest BCUT2D eigenvalue weighted by Crippen LogP contribution is 2.40. The normalized spacial score (nSPS) is 31.3. The number of hydrogen-bond donors (Lipinski definition) is 1. The Morgan fingerprint density at radius 1 is 1.06 bits per heavy atom. The number of ether oxygens (including phenoxy) is 4. The molecule has 3 aliphatic rings. The Hall–Kier alpha value is -2.45. The minimum atomic E-state index is -0.726. The van der Waals surface area contributed by atoms with Gasteiger partial charge in [-0.1, -0.05) is 53.7 Å². The first-order valence-corrected chi connectivity index (χ1v) is 10.6. The molecule has 1 unspecified atom stereocenters. The molecule has 2 saturated heterocycles. The van der Waals surface area contributed by atoms with Gasteiger partial charge >= 0.3 is 0 Å². The number of fused-ring (bicyclic) bond motifs is 1. The summed E-state index contributed by atoms with van der Waals surface area (Å²) in [6.45, 7) is 4.18. The second-order valence-corrected chi connectivity index (χ2v) is 8.63. The Balaban J connectivity index is 1.28. The largest absolute Gasteiger partial charge is 0.508 e. The van der Waals surface area contributed by atoms with E-state index in [-0.39, 0.29) is 24.1 Å². The third-order valence-corrected chi connectivity index (χ3v) is 5.80. The molecule has 0 aliphatic carbocycles. The van der Waals surface area contributed by atoms with Crippen molar-refractivity contribution in [3.05, 3.63) is 65.7 Å². The zero-order chi connectivity index (χ0) is 21.4. The topological polar surface area (TPSA) is 78.7 Å². The first kappa shape index (κ1) is 20.5. The fraction of sp³-hybridized carbons (Fsp3) is 0.458. The molecule has 2 fully saturated rings. The number of nitrogens with zero attached hydrogens (tertiary/aromatic N) is 1. The van der Waals surface area contributed by atoms with E-state index < -0.39 is 18.2 Å². The second kappa shape index (κ2) is 8.24. The van der Waals surface area contributed by atoms with Gasteiger partial charge in [0.1, 0.15) is 30.2 Å². The number of phenolic OH excluding ortho intramolecular Hbond substituents is 1. The number of aromatic hydroxyl groups is 1. The van der Waals surface area contributed by atoms with Gasteiger partial charge in [-0.15, -0.1) is 0 Å². The lowest BCUT2D eigenvalue weighted by atomic mass is 9.98. The third-order valence-electron chi connectivity index (χ3n) is 5.80. The molecule has 31 heavy (non-hydrogen) atoms. The van der Waals surface area contributed by atoms with Crippen molar-refractivity contribution >= 4 is 5.71 Å². The highest BCUT2D eigenvalue weighted by Gasteiger charge is 2.57. The fourth-order valence-electron chi connectivity index (χ4n) is 4.35. The van der Waals surface area contributed by atoms with Crippen LogP contribution in [0.25, 0.3) is 0 Å². The van der Waals surface area contributed by atoms with Crippen molar-refractivity contribution in [3.8, 4) is 5.75 Å². The standard InChI is InChI=1S/C24H27NO6/c1-24(2)29-22-21(27-14-15-8-4-3-5-9-15)20(28-23(22)30-24)18-13-17(31-25-18)12-16-10-6-7-11-19(16)26/h3-11,17,20-23,26H,12-14H2,1-2H3/t17?,20-,21+,22-,23-/m1/s1. The van der Waals surface area contributed by atoms with Gasteiger partial charge in [-0.2, -0.15) is 0 Å². The summed E-state index contributed by atoms with van der Waals surface area (Å²) in [5.74, 6) is -0.463. The average Bonchev–Trinajstić information content (AvgIpc) is 3.41. The summed E-state index contributed by atoms with van der Waals surface area (Å²) >= 11 is 0. The summed E-state index contributed by atoms with van der Waals surface area (Å²) in [6.07, 6.45) is -0.644. The summed E-state index contributed by atoms with van der Waals surface area (Å²) in [7, 11) is 0. The van der Waals surface area contributed by atoms with E-state index in [1.54, 1.807) is 12.1 Å². The molecule has 7 nitrogen and oxygen atoms in total. The molecule has 5 atom stereocenters. The lowest BCUT2D eigenvalue weighted by molar-refractivity contribution is -0.210. The number of hydrogen-bond acceptors (Lipinski definition) is 7. The van der Waals surface area contributed by atoms with Crippen LogP contribution in [-0.4, -0.2) is 47.3 Å². The Morgan fingerprint density at radius 3 is 2.65 bits per heavy atom. The van der Waals surface area contributed by atoms with E-state index in [0.29, 0.717) is 19.4 Å². The van der Waals surface area contributed by atoms with Crippen molar-refractivity contribution in [2.24, 2.45) is 5.16 Å². The molecule has 164 valence electrons. The Kier molecular flexibility index (Phi) is 5.44. The number of rotatable bonds is 6. The van der Waals surface area contributed by atoms with Crippen LogP contribution in [0.4, 0.5) is 0 Å². The van der Waals surface area contributed by atoms with E-state index in [9.17, 15) is 5.11 Å².